The normalized spacial score (nSPS) is 12.0. The molecular weight excluding hydrogens is 356 g/mol. The van der Waals surface area contributed by atoms with Crippen molar-refractivity contribution in [1.82, 2.24) is 28.7 Å². The number of fused-ring (bicyclic) bond motifs is 2. The second-order valence-electron chi connectivity index (χ2n) is 7.76. The summed E-state index contributed by atoms with van der Waals surface area (Å²) < 4.78 is 6.50. The first-order chi connectivity index (χ1) is 13.2. The van der Waals surface area contributed by atoms with Crippen LogP contribution in [0.15, 0.2) is 28.2 Å². The van der Waals surface area contributed by atoms with Crippen LogP contribution < -0.4 is 11.1 Å². The zero-order chi connectivity index (χ0) is 20.3. The summed E-state index contributed by atoms with van der Waals surface area (Å²) in [6.45, 7) is 6.43. The maximum atomic E-state index is 13.0. The summed E-state index contributed by atoms with van der Waals surface area (Å²) in [4.78, 5) is 25.7. The van der Waals surface area contributed by atoms with Crippen molar-refractivity contribution in [2.24, 2.45) is 21.1 Å². The largest absolute Gasteiger partial charge is 0.316 e. The lowest BCUT2D eigenvalue weighted by atomic mass is 9.99. The molecule has 0 aliphatic rings. The summed E-state index contributed by atoms with van der Waals surface area (Å²) in [5, 5.41) is 10.6. The molecule has 4 heterocycles. The SMILES string of the molecule is Cc1cn(Cc2nn(C)c3c(=O)n(C)cc(C(C)C)c23)c(=O)c2nn(C)cc12. The van der Waals surface area contributed by atoms with Gasteiger partial charge in [0, 0.05) is 50.5 Å². The summed E-state index contributed by atoms with van der Waals surface area (Å²) >= 11 is 0. The van der Waals surface area contributed by atoms with Crippen LogP contribution in [0.5, 0.6) is 0 Å². The van der Waals surface area contributed by atoms with E-state index in [0.717, 1.165) is 27.6 Å². The fourth-order valence-corrected chi connectivity index (χ4v) is 3.89. The van der Waals surface area contributed by atoms with Crippen molar-refractivity contribution in [2.75, 3.05) is 0 Å². The number of pyridine rings is 2. The molecule has 0 atom stereocenters. The fraction of sp³-hybridized carbons (Fsp3) is 0.400. The van der Waals surface area contributed by atoms with Crippen molar-refractivity contribution in [2.45, 2.75) is 33.2 Å². The van der Waals surface area contributed by atoms with Gasteiger partial charge in [0.25, 0.3) is 11.1 Å². The molecule has 28 heavy (non-hydrogen) atoms. The van der Waals surface area contributed by atoms with E-state index in [9.17, 15) is 9.59 Å². The van der Waals surface area contributed by atoms with E-state index in [-0.39, 0.29) is 23.6 Å². The van der Waals surface area contributed by atoms with Crippen LogP contribution in [0.1, 0.15) is 36.6 Å². The van der Waals surface area contributed by atoms with Crippen molar-refractivity contribution >= 4 is 21.8 Å². The van der Waals surface area contributed by atoms with Gasteiger partial charge in [0.1, 0.15) is 5.52 Å². The highest BCUT2D eigenvalue weighted by Gasteiger charge is 2.20. The van der Waals surface area contributed by atoms with Crippen LogP contribution >= 0.6 is 0 Å². The van der Waals surface area contributed by atoms with Crippen molar-refractivity contribution < 1.29 is 0 Å². The van der Waals surface area contributed by atoms with Crippen LogP contribution in [-0.2, 0) is 27.7 Å². The van der Waals surface area contributed by atoms with Crippen molar-refractivity contribution in [3.63, 3.8) is 0 Å². The quantitative estimate of drug-likeness (QED) is 0.543. The Balaban J connectivity index is 1.98. The van der Waals surface area contributed by atoms with E-state index in [0.29, 0.717) is 11.0 Å². The van der Waals surface area contributed by atoms with Crippen LogP contribution in [0.3, 0.4) is 0 Å². The molecule has 0 radical (unpaired) electrons. The summed E-state index contributed by atoms with van der Waals surface area (Å²) in [5.74, 6) is 0.217. The van der Waals surface area contributed by atoms with Crippen molar-refractivity contribution in [1.29, 1.82) is 0 Å². The Morgan fingerprint density at radius 1 is 1.00 bits per heavy atom. The van der Waals surface area contributed by atoms with Crippen molar-refractivity contribution in [3.8, 4) is 0 Å². The first kappa shape index (κ1) is 18.2. The maximum Gasteiger partial charge on any atom is 0.279 e. The first-order valence-corrected chi connectivity index (χ1v) is 9.27. The molecule has 8 nitrogen and oxygen atoms in total. The van der Waals surface area contributed by atoms with Crippen LogP contribution in [0.2, 0.25) is 0 Å². The Hall–Kier alpha value is -3.16. The minimum Gasteiger partial charge on any atom is -0.316 e. The predicted molar refractivity (Wildman–Crippen MR) is 109 cm³/mol. The Morgan fingerprint density at radius 2 is 1.71 bits per heavy atom. The summed E-state index contributed by atoms with van der Waals surface area (Å²) in [5.41, 5.74) is 3.50. The molecule has 8 heteroatoms. The molecule has 0 aromatic carbocycles. The van der Waals surface area contributed by atoms with Gasteiger partial charge in [-0.15, -0.1) is 0 Å². The third kappa shape index (κ3) is 2.59. The van der Waals surface area contributed by atoms with E-state index in [1.165, 1.54) is 0 Å². The first-order valence-electron chi connectivity index (χ1n) is 9.27. The molecule has 0 saturated heterocycles. The number of aromatic nitrogens is 6. The third-order valence-corrected chi connectivity index (χ3v) is 5.27. The summed E-state index contributed by atoms with van der Waals surface area (Å²) in [6.07, 6.45) is 5.56. The molecule has 0 spiro atoms. The van der Waals surface area contributed by atoms with Gasteiger partial charge in [-0.25, -0.2) is 0 Å². The fourth-order valence-electron chi connectivity index (χ4n) is 3.89. The minimum absolute atomic E-state index is 0.0932. The minimum atomic E-state index is -0.157. The summed E-state index contributed by atoms with van der Waals surface area (Å²) in [7, 11) is 5.33. The third-order valence-electron chi connectivity index (χ3n) is 5.27. The molecule has 0 N–H and O–H groups in total. The predicted octanol–water partition coefficient (Wildman–Crippen LogP) is 1.80. The smallest absolute Gasteiger partial charge is 0.279 e. The number of hydrogen-bond acceptors (Lipinski definition) is 4. The maximum absolute atomic E-state index is 13.0. The lowest BCUT2D eigenvalue weighted by Gasteiger charge is -2.12. The van der Waals surface area contributed by atoms with Crippen LogP contribution in [0, 0.1) is 6.92 Å². The highest BCUT2D eigenvalue weighted by atomic mass is 16.1. The van der Waals surface area contributed by atoms with E-state index < -0.39 is 0 Å². The molecule has 4 rings (SSSR count). The van der Waals surface area contributed by atoms with Gasteiger partial charge in [0.2, 0.25) is 0 Å². The highest BCUT2D eigenvalue weighted by molar-refractivity contribution is 5.85. The Kier molecular flexibility index (Phi) is 4.02. The Bertz CT molecular complexity index is 1350. The number of hydrogen-bond donors (Lipinski definition) is 0. The second-order valence-corrected chi connectivity index (χ2v) is 7.76. The summed E-state index contributed by atoms with van der Waals surface area (Å²) in [6, 6.07) is 0. The molecule has 0 fully saturated rings. The Morgan fingerprint density at radius 3 is 2.39 bits per heavy atom. The number of nitrogens with zero attached hydrogens (tertiary/aromatic N) is 6. The zero-order valence-electron chi connectivity index (χ0n) is 17.0. The van der Waals surface area contributed by atoms with E-state index in [1.54, 1.807) is 39.6 Å². The van der Waals surface area contributed by atoms with Gasteiger partial charge in [0.05, 0.1) is 12.2 Å². The lowest BCUT2D eigenvalue weighted by molar-refractivity contribution is 0.699. The average Bonchev–Trinajstić information content (AvgIpc) is 3.16. The van der Waals surface area contributed by atoms with E-state index in [2.05, 4.69) is 24.0 Å². The number of rotatable bonds is 3. The molecular formula is C20H24N6O2. The van der Waals surface area contributed by atoms with Gasteiger partial charge in [0.15, 0.2) is 5.52 Å². The van der Waals surface area contributed by atoms with Gasteiger partial charge in [-0.3, -0.25) is 19.0 Å². The molecule has 146 valence electrons. The molecule has 4 aromatic rings. The molecule has 0 saturated carbocycles. The highest BCUT2D eigenvalue weighted by Crippen LogP contribution is 2.26. The van der Waals surface area contributed by atoms with Crippen molar-refractivity contribution in [3.05, 3.63) is 56.1 Å². The lowest BCUT2D eigenvalue weighted by Crippen LogP contribution is -2.22. The van der Waals surface area contributed by atoms with Gasteiger partial charge in [-0.1, -0.05) is 13.8 Å². The van der Waals surface area contributed by atoms with E-state index in [1.807, 2.05) is 25.5 Å². The molecule has 0 aliphatic heterocycles. The van der Waals surface area contributed by atoms with E-state index in [4.69, 9.17) is 0 Å². The van der Waals surface area contributed by atoms with Crippen LogP contribution in [-0.4, -0.2) is 28.7 Å². The van der Waals surface area contributed by atoms with Crippen LogP contribution in [0.25, 0.3) is 21.8 Å². The molecule has 0 unspecified atom stereocenters. The molecule has 0 amide bonds. The van der Waals surface area contributed by atoms with Gasteiger partial charge in [-0.05, 0) is 24.0 Å². The van der Waals surface area contributed by atoms with Crippen LogP contribution in [0.4, 0.5) is 0 Å². The van der Waals surface area contributed by atoms with E-state index >= 15 is 0 Å². The monoisotopic (exact) mass is 380 g/mol. The molecule has 0 bridgehead atoms. The van der Waals surface area contributed by atoms with Gasteiger partial charge < -0.3 is 9.13 Å². The second kappa shape index (κ2) is 6.19. The number of aryl methyl sites for hydroxylation is 4. The van der Waals surface area contributed by atoms with Gasteiger partial charge >= 0.3 is 0 Å². The Labute approximate surface area is 161 Å². The standard InChI is InChI=1S/C20H24N6O2/c1-11(2)13-8-23(4)20(28)18-16(13)15(21-25(18)6)10-26-7-12(3)14-9-24(5)22-17(14)19(26)27/h7-9,11H,10H2,1-6H3. The topological polar surface area (TPSA) is 79.6 Å². The van der Waals surface area contributed by atoms with Gasteiger partial charge in [-0.2, -0.15) is 10.2 Å². The molecule has 0 aliphatic carbocycles. The molecule has 4 aromatic heterocycles. The average molecular weight is 380 g/mol. The zero-order valence-corrected chi connectivity index (χ0v) is 17.0.